The van der Waals surface area contributed by atoms with E-state index in [2.05, 4.69) is 26.5 Å². The molecule has 1 unspecified atom stereocenters. The molecule has 1 aromatic heterocycles. The van der Waals surface area contributed by atoms with Gasteiger partial charge in [-0.3, -0.25) is 14.8 Å². The summed E-state index contributed by atoms with van der Waals surface area (Å²) in [6.45, 7) is 5.34. The number of anilines is 1. The van der Waals surface area contributed by atoms with Gasteiger partial charge in [0.1, 0.15) is 5.75 Å². The van der Waals surface area contributed by atoms with Crippen LogP contribution >= 0.6 is 0 Å². The van der Waals surface area contributed by atoms with Gasteiger partial charge in [0, 0.05) is 54.7 Å². The fourth-order valence-electron chi connectivity index (χ4n) is 4.43. The standard InChI is InChI=1S/C22H28N4O3/c27-19-14-17(20-21(15-6-7-15)24-25-22(20)23-19)16-4-1-2-5-18(16)29-11-3-8-26-9-12-28-13-10-26/h1-2,4-5,15,17H,3,6-14H2,(H2,23,24,25,27). The molecule has 1 amide bonds. The normalized spacial score (nSPS) is 22.2. The fraction of sp³-hybridized carbons (Fsp3) is 0.545. The second-order valence-electron chi connectivity index (χ2n) is 8.17. The first-order chi connectivity index (χ1) is 14.3. The van der Waals surface area contributed by atoms with Crippen molar-refractivity contribution in [3.63, 3.8) is 0 Å². The van der Waals surface area contributed by atoms with Crippen LogP contribution in [0.1, 0.15) is 54.3 Å². The summed E-state index contributed by atoms with van der Waals surface area (Å²) >= 11 is 0. The van der Waals surface area contributed by atoms with Crippen LogP contribution in [0.2, 0.25) is 0 Å². The smallest absolute Gasteiger partial charge is 0.226 e. The Bertz CT molecular complexity index is 871. The van der Waals surface area contributed by atoms with Gasteiger partial charge in [-0.05, 0) is 25.3 Å². The van der Waals surface area contributed by atoms with E-state index in [1.54, 1.807) is 0 Å². The summed E-state index contributed by atoms with van der Waals surface area (Å²) in [5, 5.41) is 10.5. The molecule has 1 saturated heterocycles. The molecule has 1 saturated carbocycles. The minimum absolute atomic E-state index is 0.0106. The van der Waals surface area contributed by atoms with Crippen LogP contribution in [0, 0.1) is 0 Å². The number of aromatic amines is 1. The lowest BCUT2D eigenvalue weighted by Gasteiger charge is -2.27. The highest BCUT2D eigenvalue weighted by Crippen LogP contribution is 2.48. The van der Waals surface area contributed by atoms with Crippen molar-refractivity contribution in [1.82, 2.24) is 15.1 Å². The van der Waals surface area contributed by atoms with E-state index in [9.17, 15) is 4.79 Å². The van der Waals surface area contributed by atoms with E-state index in [0.717, 1.165) is 56.1 Å². The first kappa shape index (κ1) is 18.6. The zero-order chi connectivity index (χ0) is 19.6. The quantitative estimate of drug-likeness (QED) is 0.704. The molecule has 2 aliphatic heterocycles. The van der Waals surface area contributed by atoms with Gasteiger partial charge in [-0.2, -0.15) is 5.10 Å². The zero-order valence-electron chi connectivity index (χ0n) is 16.7. The zero-order valence-corrected chi connectivity index (χ0v) is 16.7. The number of nitrogens with zero attached hydrogens (tertiary/aromatic N) is 2. The van der Waals surface area contributed by atoms with Gasteiger partial charge in [0.2, 0.25) is 5.91 Å². The highest BCUT2D eigenvalue weighted by molar-refractivity contribution is 5.94. The summed E-state index contributed by atoms with van der Waals surface area (Å²) in [4.78, 5) is 14.7. The van der Waals surface area contributed by atoms with Crippen molar-refractivity contribution in [3.05, 3.63) is 41.1 Å². The van der Waals surface area contributed by atoms with E-state index in [4.69, 9.17) is 9.47 Å². The lowest BCUT2D eigenvalue weighted by molar-refractivity contribution is -0.116. The van der Waals surface area contributed by atoms with E-state index < -0.39 is 0 Å². The molecule has 2 N–H and O–H groups in total. The van der Waals surface area contributed by atoms with Gasteiger partial charge in [0.25, 0.3) is 0 Å². The molecule has 1 aromatic carbocycles. The van der Waals surface area contributed by atoms with Crippen LogP contribution in [-0.2, 0) is 9.53 Å². The van der Waals surface area contributed by atoms with Gasteiger partial charge in [0.05, 0.1) is 19.8 Å². The highest BCUT2D eigenvalue weighted by atomic mass is 16.5. The minimum atomic E-state index is -0.0106. The number of nitrogens with one attached hydrogen (secondary N) is 2. The predicted octanol–water partition coefficient (Wildman–Crippen LogP) is 2.86. The second kappa shape index (κ2) is 8.16. The number of rotatable bonds is 7. The monoisotopic (exact) mass is 396 g/mol. The van der Waals surface area contributed by atoms with Crippen LogP contribution in [-0.4, -0.2) is 60.5 Å². The Labute approximate surface area is 170 Å². The Morgan fingerprint density at radius 1 is 1.21 bits per heavy atom. The summed E-state index contributed by atoms with van der Waals surface area (Å²) in [7, 11) is 0. The third-order valence-corrected chi connectivity index (χ3v) is 6.09. The third-order valence-electron chi connectivity index (χ3n) is 6.09. The Hall–Kier alpha value is -2.38. The summed E-state index contributed by atoms with van der Waals surface area (Å²) in [5.41, 5.74) is 3.42. The molecule has 0 spiro atoms. The van der Waals surface area contributed by atoms with Crippen LogP contribution in [0.4, 0.5) is 5.82 Å². The van der Waals surface area contributed by atoms with Crippen molar-refractivity contribution in [2.75, 3.05) is 44.8 Å². The molecule has 0 radical (unpaired) electrons. The van der Waals surface area contributed by atoms with Crippen molar-refractivity contribution in [3.8, 4) is 5.75 Å². The Morgan fingerprint density at radius 3 is 2.86 bits per heavy atom. The first-order valence-electron chi connectivity index (χ1n) is 10.7. The van der Waals surface area contributed by atoms with Gasteiger partial charge >= 0.3 is 0 Å². The number of carbonyl (C=O) groups is 1. The fourth-order valence-corrected chi connectivity index (χ4v) is 4.43. The van der Waals surface area contributed by atoms with Gasteiger partial charge in [-0.25, -0.2) is 0 Å². The Kier molecular flexibility index (Phi) is 5.24. The number of aromatic nitrogens is 2. The van der Waals surface area contributed by atoms with Crippen LogP contribution in [0.15, 0.2) is 24.3 Å². The topological polar surface area (TPSA) is 79.5 Å². The summed E-state index contributed by atoms with van der Waals surface area (Å²) in [6.07, 6.45) is 3.79. The molecule has 29 heavy (non-hydrogen) atoms. The maximum absolute atomic E-state index is 12.3. The van der Waals surface area contributed by atoms with E-state index in [0.29, 0.717) is 24.8 Å². The molecule has 154 valence electrons. The van der Waals surface area contributed by atoms with E-state index >= 15 is 0 Å². The van der Waals surface area contributed by atoms with Crippen LogP contribution in [0.25, 0.3) is 0 Å². The molecule has 7 heteroatoms. The number of amides is 1. The average Bonchev–Trinajstić information content (AvgIpc) is 3.51. The van der Waals surface area contributed by atoms with Gasteiger partial charge < -0.3 is 14.8 Å². The number of carbonyl (C=O) groups excluding carboxylic acids is 1. The molecule has 5 rings (SSSR count). The van der Waals surface area contributed by atoms with E-state index in [1.807, 2.05) is 18.2 Å². The van der Waals surface area contributed by atoms with Gasteiger partial charge in [-0.15, -0.1) is 0 Å². The molecule has 3 aliphatic rings. The van der Waals surface area contributed by atoms with E-state index in [1.165, 1.54) is 18.5 Å². The molecule has 1 atom stereocenters. The number of ether oxygens (including phenoxy) is 2. The number of hydrogen-bond donors (Lipinski definition) is 2. The molecule has 0 bridgehead atoms. The van der Waals surface area contributed by atoms with Crippen molar-refractivity contribution < 1.29 is 14.3 Å². The Balaban J connectivity index is 1.32. The van der Waals surface area contributed by atoms with Gasteiger partial charge in [-0.1, -0.05) is 18.2 Å². The van der Waals surface area contributed by atoms with Crippen molar-refractivity contribution >= 4 is 11.7 Å². The second-order valence-corrected chi connectivity index (χ2v) is 8.17. The number of para-hydroxylation sites is 1. The maximum Gasteiger partial charge on any atom is 0.226 e. The average molecular weight is 396 g/mol. The SMILES string of the molecule is O=C1CC(c2ccccc2OCCCN2CCOCC2)c2c(n[nH]c2C2CC2)N1. The molecule has 1 aliphatic carbocycles. The summed E-state index contributed by atoms with van der Waals surface area (Å²) in [5.74, 6) is 2.12. The van der Waals surface area contributed by atoms with Crippen molar-refractivity contribution in [1.29, 1.82) is 0 Å². The molecular weight excluding hydrogens is 368 g/mol. The van der Waals surface area contributed by atoms with E-state index in [-0.39, 0.29) is 11.8 Å². The maximum atomic E-state index is 12.3. The first-order valence-corrected chi connectivity index (χ1v) is 10.7. The third kappa shape index (κ3) is 4.02. The molecule has 2 aromatic rings. The van der Waals surface area contributed by atoms with Crippen LogP contribution in [0.3, 0.4) is 0 Å². The molecule has 2 fully saturated rings. The van der Waals surface area contributed by atoms with Crippen molar-refractivity contribution in [2.45, 2.75) is 37.5 Å². The number of benzene rings is 1. The van der Waals surface area contributed by atoms with Crippen molar-refractivity contribution in [2.24, 2.45) is 0 Å². The highest BCUT2D eigenvalue weighted by Gasteiger charge is 2.38. The number of H-pyrrole nitrogens is 1. The number of fused-ring (bicyclic) bond motifs is 1. The number of morpholine rings is 1. The molecule has 7 nitrogen and oxygen atoms in total. The van der Waals surface area contributed by atoms with Gasteiger partial charge in [0.15, 0.2) is 5.82 Å². The molecule has 3 heterocycles. The molecular formula is C22H28N4O3. The predicted molar refractivity (Wildman–Crippen MR) is 109 cm³/mol. The largest absolute Gasteiger partial charge is 0.493 e. The summed E-state index contributed by atoms with van der Waals surface area (Å²) < 4.78 is 11.6. The number of hydrogen-bond acceptors (Lipinski definition) is 5. The Morgan fingerprint density at radius 2 is 2.03 bits per heavy atom. The lowest BCUT2D eigenvalue weighted by atomic mass is 9.84. The summed E-state index contributed by atoms with van der Waals surface area (Å²) in [6, 6.07) is 8.14. The lowest BCUT2D eigenvalue weighted by Crippen LogP contribution is -2.37. The minimum Gasteiger partial charge on any atom is -0.493 e. The van der Waals surface area contributed by atoms with Crippen LogP contribution in [0.5, 0.6) is 5.75 Å². The van der Waals surface area contributed by atoms with Crippen LogP contribution < -0.4 is 10.1 Å².